The van der Waals surface area contributed by atoms with Crippen LogP contribution in [0, 0.1) is 5.82 Å². The SMILES string of the molecule is C=CC(=O)N1CCCC(n2nc(-c3ccc(CCC(=O)c4cnccc4F)cc3)c3c(N)ncnc32)C1. The Morgan fingerprint density at radius 1 is 1.19 bits per heavy atom. The lowest BCUT2D eigenvalue weighted by Crippen LogP contribution is -2.40. The molecule has 10 heteroatoms. The van der Waals surface area contributed by atoms with Gasteiger partial charge in [-0.25, -0.2) is 19.0 Å². The average molecular weight is 500 g/mol. The molecule has 1 aliphatic heterocycles. The van der Waals surface area contributed by atoms with Crippen molar-refractivity contribution >= 4 is 28.5 Å². The molecule has 1 unspecified atom stereocenters. The topological polar surface area (TPSA) is 120 Å². The van der Waals surface area contributed by atoms with Gasteiger partial charge in [0.05, 0.1) is 17.0 Å². The Hall–Kier alpha value is -4.47. The normalized spacial score (nSPS) is 15.6. The Morgan fingerprint density at radius 2 is 2.00 bits per heavy atom. The zero-order valence-corrected chi connectivity index (χ0v) is 20.2. The summed E-state index contributed by atoms with van der Waals surface area (Å²) < 4.78 is 15.7. The number of anilines is 1. The maximum atomic E-state index is 13.9. The van der Waals surface area contributed by atoms with Gasteiger partial charge in [-0.15, -0.1) is 0 Å². The molecule has 37 heavy (non-hydrogen) atoms. The number of hydrogen-bond donors (Lipinski definition) is 1. The van der Waals surface area contributed by atoms with Crippen LogP contribution in [0.5, 0.6) is 0 Å². The highest BCUT2D eigenvalue weighted by Gasteiger charge is 2.28. The van der Waals surface area contributed by atoms with Crippen LogP contribution in [0.1, 0.15) is 41.2 Å². The van der Waals surface area contributed by atoms with Crippen molar-refractivity contribution in [3.05, 3.63) is 78.7 Å². The third kappa shape index (κ3) is 4.82. The van der Waals surface area contributed by atoms with Crippen LogP contribution in [-0.2, 0) is 11.2 Å². The summed E-state index contributed by atoms with van der Waals surface area (Å²) in [5.41, 5.74) is 9.29. The zero-order chi connectivity index (χ0) is 25.9. The van der Waals surface area contributed by atoms with Gasteiger partial charge < -0.3 is 10.6 Å². The van der Waals surface area contributed by atoms with Crippen molar-refractivity contribution in [2.45, 2.75) is 31.7 Å². The number of halogens is 1. The van der Waals surface area contributed by atoms with E-state index in [0.717, 1.165) is 24.0 Å². The van der Waals surface area contributed by atoms with Gasteiger partial charge in [0.25, 0.3) is 0 Å². The van der Waals surface area contributed by atoms with E-state index >= 15 is 0 Å². The van der Waals surface area contributed by atoms with Crippen LogP contribution in [0.3, 0.4) is 0 Å². The first-order valence-electron chi connectivity index (χ1n) is 12.1. The number of hydrogen-bond acceptors (Lipinski definition) is 7. The second kappa shape index (κ2) is 10.3. The highest BCUT2D eigenvalue weighted by molar-refractivity contribution is 5.98. The summed E-state index contributed by atoms with van der Waals surface area (Å²) in [6.45, 7) is 4.79. The fourth-order valence-electron chi connectivity index (χ4n) is 4.74. The lowest BCUT2D eigenvalue weighted by molar-refractivity contribution is -0.127. The molecule has 188 valence electrons. The van der Waals surface area contributed by atoms with Gasteiger partial charge in [-0.05, 0) is 37.0 Å². The number of piperidine rings is 1. The van der Waals surface area contributed by atoms with Gasteiger partial charge in [0.1, 0.15) is 23.7 Å². The van der Waals surface area contributed by atoms with Crippen molar-refractivity contribution in [3.8, 4) is 11.3 Å². The summed E-state index contributed by atoms with van der Waals surface area (Å²) >= 11 is 0. The molecule has 1 atom stereocenters. The number of amides is 1. The Kier molecular flexibility index (Phi) is 6.72. The molecule has 4 aromatic rings. The molecule has 0 saturated carbocycles. The summed E-state index contributed by atoms with van der Waals surface area (Å²) in [6, 6.07) is 8.79. The molecule has 1 fully saturated rings. The maximum Gasteiger partial charge on any atom is 0.246 e. The molecule has 4 heterocycles. The third-order valence-corrected chi connectivity index (χ3v) is 6.68. The lowest BCUT2D eigenvalue weighted by atomic mass is 10.0. The molecule has 0 aliphatic carbocycles. The number of pyridine rings is 1. The van der Waals surface area contributed by atoms with Crippen LogP contribution in [0.4, 0.5) is 10.2 Å². The molecular weight excluding hydrogens is 473 g/mol. The second-order valence-corrected chi connectivity index (χ2v) is 9.01. The highest BCUT2D eigenvalue weighted by Crippen LogP contribution is 2.34. The van der Waals surface area contributed by atoms with Crippen molar-refractivity contribution < 1.29 is 14.0 Å². The van der Waals surface area contributed by atoms with E-state index in [1.807, 2.05) is 28.9 Å². The second-order valence-electron chi connectivity index (χ2n) is 9.01. The number of aryl methyl sites for hydroxylation is 1. The fourth-order valence-corrected chi connectivity index (χ4v) is 4.74. The first-order chi connectivity index (χ1) is 18.0. The van der Waals surface area contributed by atoms with E-state index in [0.29, 0.717) is 42.1 Å². The number of nitrogens with zero attached hydrogens (tertiary/aromatic N) is 6. The molecule has 1 amide bonds. The number of benzene rings is 1. The zero-order valence-electron chi connectivity index (χ0n) is 20.2. The minimum Gasteiger partial charge on any atom is -0.383 e. The molecule has 0 bridgehead atoms. The number of likely N-dealkylation sites (tertiary alicyclic amines) is 1. The summed E-state index contributed by atoms with van der Waals surface area (Å²) in [4.78, 5) is 38.8. The number of aromatic nitrogens is 5. The molecule has 2 N–H and O–H groups in total. The molecule has 1 aliphatic rings. The minimum atomic E-state index is -0.562. The maximum absolute atomic E-state index is 13.9. The highest BCUT2D eigenvalue weighted by atomic mass is 19.1. The van der Waals surface area contributed by atoms with Gasteiger partial charge in [0, 0.05) is 37.5 Å². The first-order valence-corrected chi connectivity index (χ1v) is 12.1. The molecule has 0 radical (unpaired) electrons. The van der Waals surface area contributed by atoms with Gasteiger partial charge in [0.2, 0.25) is 5.91 Å². The monoisotopic (exact) mass is 499 g/mol. The largest absolute Gasteiger partial charge is 0.383 e. The summed E-state index contributed by atoms with van der Waals surface area (Å²) in [6.07, 6.45) is 7.65. The van der Waals surface area contributed by atoms with Crippen molar-refractivity contribution in [3.63, 3.8) is 0 Å². The fraction of sp³-hybridized carbons (Fsp3) is 0.259. The van der Waals surface area contributed by atoms with Gasteiger partial charge >= 0.3 is 0 Å². The van der Waals surface area contributed by atoms with Crippen LogP contribution in [0.2, 0.25) is 0 Å². The quantitative estimate of drug-likeness (QED) is 0.304. The third-order valence-electron chi connectivity index (χ3n) is 6.68. The van der Waals surface area contributed by atoms with E-state index in [2.05, 4.69) is 21.5 Å². The number of carbonyl (C=O) groups excluding carboxylic acids is 2. The molecule has 1 aromatic carbocycles. The number of fused-ring (bicyclic) bond motifs is 1. The van der Waals surface area contributed by atoms with Crippen molar-refractivity contribution in [1.82, 2.24) is 29.6 Å². The Bertz CT molecular complexity index is 1480. The molecule has 0 spiro atoms. The van der Waals surface area contributed by atoms with Crippen molar-refractivity contribution in [1.29, 1.82) is 0 Å². The first kappa shape index (κ1) is 24.2. The van der Waals surface area contributed by atoms with Crippen molar-refractivity contribution in [2.24, 2.45) is 0 Å². The van der Waals surface area contributed by atoms with Crippen LogP contribution in [-0.4, -0.2) is 54.4 Å². The Balaban J connectivity index is 1.40. The Morgan fingerprint density at radius 3 is 2.76 bits per heavy atom. The van der Waals surface area contributed by atoms with Crippen LogP contribution in [0.15, 0.2) is 61.7 Å². The molecule has 1 saturated heterocycles. The minimum absolute atomic E-state index is 0.00248. The van der Waals surface area contributed by atoms with E-state index in [4.69, 9.17) is 10.8 Å². The van der Waals surface area contributed by atoms with Crippen molar-refractivity contribution in [2.75, 3.05) is 18.8 Å². The molecule has 3 aromatic heterocycles. The number of nitrogens with two attached hydrogens (primary N) is 1. The molecule has 5 rings (SSSR count). The van der Waals surface area contributed by atoms with Gasteiger partial charge in [0.15, 0.2) is 11.4 Å². The predicted octanol–water partition coefficient (Wildman–Crippen LogP) is 3.77. The average Bonchev–Trinajstić information content (AvgIpc) is 3.33. The number of carbonyl (C=O) groups is 2. The smallest absolute Gasteiger partial charge is 0.246 e. The van der Waals surface area contributed by atoms with Crippen LogP contribution < -0.4 is 5.73 Å². The number of rotatable bonds is 7. The van der Waals surface area contributed by atoms with Crippen LogP contribution >= 0.6 is 0 Å². The molecule has 9 nitrogen and oxygen atoms in total. The van der Waals surface area contributed by atoms with E-state index in [1.165, 1.54) is 30.9 Å². The van der Waals surface area contributed by atoms with Gasteiger partial charge in [-0.2, -0.15) is 5.10 Å². The van der Waals surface area contributed by atoms with Crippen LogP contribution in [0.25, 0.3) is 22.3 Å². The number of nitrogen functional groups attached to an aromatic ring is 1. The lowest BCUT2D eigenvalue weighted by Gasteiger charge is -2.32. The standard InChI is InChI=1S/C27H26FN7O2/c1-2-23(37)34-13-3-4-19(15-34)35-27-24(26(29)31-16-32-27)25(33-35)18-8-5-17(6-9-18)7-10-22(36)20-14-30-12-11-21(20)28/h2,5-6,8-9,11-12,14,16,19H,1,3-4,7,10,13,15H2,(H2,29,31,32). The van der Waals surface area contributed by atoms with E-state index in [-0.39, 0.29) is 29.7 Å². The van der Waals surface area contributed by atoms with Gasteiger partial charge in [-0.1, -0.05) is 30.8 Å². The summed E-state index contributed by atoms with van der Waals surface area (Å²) in [5.74, 6) is -0.626. The summed E-state index contributed by atoms with van der Waals surface area (Å²) in [5, 5.41) is 5.54. The summed E-state index contributed by atoms with van der Waals surface area (Å²) in [7, 11) is 0. The van der Waals surface area contributed by atoms with E-state index in [1.54, 1.807) is 4.90 Å². The predicted molar refractivity (Wildman–Crippen MR) is 137 cm³/mol. The number of ketones is 1. The van der Waals surface area contributed by atoms with E-state index < -0.39 is 5.82 Å². The van der Waals surface area contributed by atoms with Gasteiger partial charge in [-0.3, -0.25) is 14.6 Å². The van der Waals surface area contributed by atoms with E-state index in [9.17, 15) is 14.0 Å². The number of Topliss-reactive ketones (excluding diaryl/α,β-unsaturated/α-hetero) is 1. The Labute approximate surface area is 212 Å². The molecular formula is C27H26FN7O2.